The molecule has 2 heterocycles. The number of fused-ring (bicyclic) bond motifs is 1. The molecule has 0 aliphatic rings. The summed E-state index contributed by atoms with van der Waals surface area (Å²) >= 11 is 16.4. The van der Waals surface area contributed by atoms with Gasteiger partial charge in [0.1, 0.15) is 10.2 Å². The molecule has 0 N–H and O–H groups in total. The van der Waals surface area contributed by atoms with Crippen LogP contribution in [-0.4, -0.2) is 21.2 Å². The van der Waals surface area contributed by atoms with Crippen LogP contribution in [-0.2, 0) is 6.42 Å². The van der Waals surface area contributed by atoms with Crippen molar-refractivity contribution in [1.82, 2.24) is 14.6 Å². The Morgan fingerprint density at radius 3 is 2.45 bits per heavy atom. The van der Waals surface area contributed by atoms with E-state index in [-0.39, 0.29) is 0 Å². The van der Waals surface area contributed by atoms with Gasteiger partial charge in [-0.1, -0.05) is 66.9 Å². The van der Waals surface area contributed by atoms with Gasteiger partial charge in [0.15, 0.2) is 5.65 Å². The number of halogens is 3. The lowest BCUT2D eigenvalue weighted by Crippen LogP contribution is -2.06. The number of rotatable bonds is 7. The number of aromatic nitrogens is 3. The Kier molecular flexibility index (Phi) is 6.85. The molecular weight excluding hydrogens is 497 g/mol. The smallest absolute Gasteiger partial charge is 0.233 e. The maximum atomic E-state index is 6.57. The number of hydrogen-bond acceptors (Lipinski definition) is 3. The van der Waals surface area contributed by atoms with E-state index in [0.29, 0.717) is 22.5 Å². The molecule has 0 bridgehead atoms. The van der Waals surface area contributed by atoms with Crippen LogP contribution in [0, 0.1) is 0 Å². The van der Waals surface area contributed by atoms with Crippen molar-refractivity contribution in [2.75, 3.05) is 6.61 Å². The van der Waals surface area contributed by atoms with Gasteiger partial charge >= 0.3 is 0 Å². The van der Waals surface area contributed by atoms with Crippen molar-refractivity contribution < 1.29 is 4.74 Å². The quantitative estimate of drug-likeness (QED) is 0.250. The molecule has 160 valence electrons. The van der Waals surface area contributed by atoms with Crippen LogP contribution in [0.25, 0.3) is 28.0 Å². The van der Waals surface area contributed by atoms with Gasteiger partial charge in [0.25, 0.3) is 0 Å². The van der Waals surface area contributed by atoms with E-state index in [1.807, 2.05) is 55.5 Å². The number of benzene rings is 2. The van der Waals surface area contributed by atoms with Gasteiger partial charge in [-0.15, -0.1) is 0 Å². The van der Waals surface area contributed by atoms with E-state index in [1.165, 1.54) is 0 Å². The van der Waals surface area contributed by atoms with Crippen LogP contribution < -0.4 is 4.74 Å². The summed E-state index contributed by atoms with van der Waals surface area (Å²) in [7, 11) is 0. The third-order valence-electron chi connectivity index (χ3n) is 5.05. The molecule has 0 saturated heterocycles. The summed E-state index contributed by atoms with van der Waals surface area (Å²) in [5, 5.41) is 6.23. The molecule has 0 atom stereocenters. The first-order valence-corrected chi connectivity index (χ1v) is 11.8. The van der Waals surface area contributed by atoms with Crippen LogP contribution in [0.5, 0.6) is 5.88 Å². The van der Waals surface area contributed by atoms with Crippen LogP contribution in [0.2, 0.25) is 10.0 Å². The highest BCUT2D eigenvalue weighted by molar-refractivity contribution is 9.10. The standard InChI is InChI=1S/C24H22BrCl2N3O/c1-3-5-10-19-21(25)24(31-4-2)30-23(28-19)20(15-11-13-16(26)14-12-15)22(29-30)17-8-6-7-9-18(17)27/h6-9,11-14H,3-5,10H2,1-2H3. The minimum atomic E-state index is 0.516. The molecule has 7 heteroatoms. The second kappa shape index (κ2) is 9.60. The second-order valence-electron chi connectivity index (χ2n) is 7.16. The molecule has 0 unspecified atom stereocenters. The van der Waals surface area contributed by atoms with Crippen molar-refractivity contribution in [3.8, 4) is 28.3 Å². The van der Waals surface area contributed by atoms with Crippen LogP contribution in [0.4, 0.5) is 0 Å². The lowest BCUT2D eigenvalue weighted by molar-refractivity contribution is 0.314. The molecule has 4 rings (SSSR count). The van der Waals surface area contributed by atoms with E-state index in [1.54, 1.807) is 4.52 Å². The minimum Gasteiger partial charge on any atom is -0.477 e. The summed E-state index contributed by atoms with van der Waals surface area (Å²) in [5.74, 6) is 0.645. The summed E-state index contributed by atoms with van der Waals surface area (Å²) in [4.78, 5) is 5.03. The Balaban J connectivity index is 2.09. The fraction of sp³-hybridized carbons (Fsp3) is 0.250. The van der Waals surface area contributed by atoms with Crippen LogP contribution in [0.15, 0.2) is 53.0 Å². The molecule has 4 nitrogen and oxygen atoms in total. The van der Waals surface area contributed by atoms with Crippen molar-refractivity contribution >= 4 is 44.8 Å². The third-order valence-corrected chi connectivity index (χ3v) is 6.42. The van der Waals surface area contributed by atoms with Gasteiger partial charge in [0.05, 0.1) is 22.9 Å². The molecule has 0 spiro atoms. The Hall–Kier alpha value is -2.08. The van der Waals surface area contributed by atoms with Gasteiger partial charge in [-0.05, 0) is 59.5 Å². The van der Waals surface area contributed by atoms with Crippen molar-refractivity contribution in [2.45, 2.75) is 33.1 Å². The molecule has 0 saturated carbocycles. The maximum Gasteiger partial charge on any atom is 0.233 e. The van der Waals surface area contributed by atoms with Crippen LogP contribution in [0.1, 0.15) is 32.4 Å². The van der Waals surface area contributed by atoms with Crippen molar-refractivity contribution in [2.24, 2.45) is 0 Å². The lowest BCUT2D eigenvalue weighted by Gasteiger charge is -2.12. The number of ether oxygens (including phenoxy) is 1. The normalized spacial score (nSPS) is 11.3. The first-order chi connectivity index (χ1) is 15.0. The van der Waals surface area contributed by atoms with Crippen LogP contribution in [0.3, 0.4) is 0 Å². The van der Waals surface area contributed by atoms with E-state index < -0.39 is 0 Å². The SMILES string of the molecule is CCCCc1nc2c(-c3ccc(Cl)cc3)c(-c3ccccc3Cl)nn2c(OCC)c1Br. The number of hydrogen-bond donors (Lipinski definition) is 0. The highest BCUT2D eigenvalue weighted by Gasteiger charge is 2.24. The molecule has 0 aliphatic heterocycles. The Labute approximate surface area is 200 Å². The zero-order chi connectivity index (χ0) is 22.0. The molecule has 2 aromatic carbocycles. The Morgan fingerprint density at radius 1 is 1.03 bits per heavy atom. The molecule has 0 amide bonds. The second-order valence-corrected chi connectivity index (χ2v) is 8.80. The van der Waals surface area contributed by atoms with Crippen LogP contribution >= 0.6 is 39.1 Å². The van der Waals surface area contributed by atoms with Gasteiger partial charge in [0, 0.05) is 10.6 Å². The van der Waals surface area contributed by atoms with Gasteiger partial charge in [-0.2, -0.15) is 9.61 Å². The first-order valence-electron chi connectivity index (χ1n) is 10.3. The predicted molar refractivity (Wildman–Crippen MR) is 131 cm³/mol. The zero-order valence-electron chi connectivity index (χ0n) is 17.3. The zero-order valence-corrected chi connectivity index (χ0v) is 20.4. The number of aryl methyl sites for hydroxylation is 1. The third kappa shape index (κ3) is 4.32. The van der Waals surface area contributed by atoms with Gasteiger partial charge < -0.3 is 4.74 Å². The summed E-state index contributed by atoms with van der Waals surface area (Å²) < 4.78 is 8.63. The molecule has 4 aromatic rings. The molecule has 0 fully saturated rings. The molecular formula is C24H22BrCl2N3O. The summed E-state index contributed by atoms with van der Waals surface area (Å²) in [5.41, 5.74) is 5.15. The van der Waals surface area contributed by atoms with E-state index in [4.69, 9.17) is 38.0 Å². The Bertz CT molecular complexity index is 1220. The fourth-order valence-corrected chi connectivity index (χ4v) is 4.46. The predicted octanol–water partition coefficient (Wildman–Crippen LogP) is 7.87. The monoisotopic (exact) mass is 517 g/mol. The van der Waals surface area contributed by atoms with Gasteiger partial charge in [-0.3, -0.25) is 0 Å². The molecule has 2 aromatic heterocycles. The fourth-order valence-electron chi connectivity index (χ4n) is 3.54. The van der Waals surface area contributed by atoms with Gasteiger partial charge in [0.2, 0.25) is 5.88 Å². The molecule has 31 heavy (non-hydrogen) atoms. The first kappa shape index (κ1) is 22.1. The van der Waals surface area contributed by atoms with Crippen molar-refractivity contribution in [3.05, 3.63) is 68.7 Å². The highest BCUT2D eigenvalue weighted by Crippen LogP contribution is 2.41. The van der Waals surface area contributed by atoms with E-state index in [9.17, 15) is 0 Å². The lowest BCUT2D eigenvalue weighted by atomic mass is 10.0. The van der Waals surface area contributed by atoms with E-state index in [0.717, 1.165) is 57.5 Å². The average Bonchev–Trinajstić information content (AvgIpc) is 3.14. The van der Waals surface area contributed by atoms with Crippen molar-refractivity contribution in [3.63, 3.8) is 0 Å². The topological polar surface area (TPSA) is 39.4 Å². The minimum absolute atomic E-state index is 0.516. The average molecular weight is 519 g/mol. The van der Waals surface area contributed by atoms with Gasteiger partial charge in [-0.25, -0.2) is 4.98 Å². The number of nitrogens with zero attached hydrogens (tertiary/aromatic N) is 3. The number of unbranched alkanes of at least 4 members (excludes halogenated alkanes) is 1. The largest absolute Gasteiger partial charge is 0.477 e. The maximum absolute atomic E-state index is 6.57. The highest BCUT2D eigenvalue weighted by atomic mass is 79.9. The van der Waals surface area contributed by atoms with E-state index >= 15 is 0 Å². The summed E-state index contributed by atoms with van der Waals surface area (Å²) in [6.07, 6.45) is 2.97. The summed E-state index contributed by atoms with van der Waals surface area (Å²) in [6, 6.07) is 15.4. The summed E-state index contributed by atoms with van der Waals surface area (Å²) in [6.45, 7) is 4.65. The molecule has 0 aliphatic carbocycles. The molecule has 0 radical (unpaired) electrons. The van der Waals surface area contributed by atoms with Crippen molar-refractivity contribution in [1.29, 1.82) is 0 Å². The van der Waals surface area contributed by atoms with E-state index in [2.05, 4.69) is 22.9 Å². The Morgan fingerprint density at radius 2 is 1.77 bits per heavy atom.